The molecule has 3 aromatic rings. The van der Waals surface area contributed by atoms with Crippen LogP contribution in [0.2, 0.25) is 0 Å². The summed E-state index contributed by atoms with van der Waals surface area (Å²) in [4.78, 5) is 10.1. The highest BCUT2D eigenvalue weighted by Gasteiger charge is 2.25. The minimum Gasteiger partial charge on any atom is -0.339 e. The topological polar surface area (TPSA) is 87.2 Å². The van der Waals surface area contributed by atoms with Gasteiger partial charge in [-0.1, -0.05) is 18.3 Å². The van der Waals surface area contributed by atoms with Gasteiger partial charge >= 0.3 is 0 Å². The fourth-order valence-electron chi connectivity index (χ4n) is 4.07. The van der Waals surface area contributed by atoms with E-state index in [4.69, 9.17) is 0 Å². The lowest BCUT2D eigenvalue weighted by atomic mass is 10.2. The van der Waals surface area contributed by atoms with Gasteiger partial charge in [0.25, 0.3) is 0 Å². The number of anilines is 2. The zero-order chi connectivity index (χ0) is 22.0. The molecule has 2 fully saturated rings. The molecule has 0 bridgehead atoms. The van der Waals surface area contributed by atoms with Crippen LogP contribution in [0.25, 0.3) is 10.2 Å². The summed E-state index contributed by atoms with van der Waals surface area (Å²) in [6, 6.07) is 9.14. The molecular formula is C23H25N5O2S2. The van der Waals surface area contributed by atoms with Crippen LogP contribution in [0, 0.1) is 11.8 Å². The molecule has 5 rings (SSSR count). The Bertz CT molecular complexity index is 1260. The van der Waals surface area contributed by atoms with Crippen molar-refractivity contribution >= 4 is 43.1 Å². The van der Waals surface area contributed by atoms with Crippen molar-refractivity contribution in [1.29, 1.82) is 0 Å². The lowest BCUT2D eigenvalue weighted by molar-refractivity contribution is 0.346. The Morgan fingerprint density at radius 3 is 2.66 bits per heavy atom. The molecular weight excluding hydrogens is 442 g/mol. The number of sulfonamides is 1. The van der Waals surface area contributed by atoms with E-state index in [0.29, 0.717) is 23.8 Å². The fraction of sp³-hybridized carbons (Fsp3) is 0.391. The van der Waals surface area contributed by atoms with Gasteiger partial charge in [-0.25, -0.2) is 18.4 Å². The first-order valence-corrected chi connectivity index (χ1v) is 13.2. The van der Waals surface area contributed by atoms with Crippen molar-refractivity contribution in [2.45, 2.75) is 43.0 Å². The second kappa shape index (κ2) is 9.16. The summed E-state index contributed by atoms with van der Waals surface area (Å²) in [5.74, 6) is 7.25. The normalized spacial score (nSPS) is 19.6. The van der Waals surface area contributed by atoms with Gasteiger partial charge in [-0.3, -0.25) is 0 Å². The third kappa shape index (κ3) is 4.50. The molecule has 32 heavy (non-hydrogen) atoms. The van der Waals surface area contributed by atoms with Crippen LogP contribution in [0.15, 0.2) is 41.6 Å². The Morgan fingerprint density at radius 2 is 1.91 bits per heavy atom. The number of aromatic nitrogens is 2. The van der Waals surface area contributed by atoms with Crippen molar-refractivity contribution < 1.29 is 8.42 Å². The van der Waals surface area contributed by atoms with Crippen molar-refractivity contribution in [3.63, 3.8) is 0 Å². The van der Waals surface area contributed by atoms with Crippen LogP contribution in [-0.2, 0) is 10.0 Å². The Kier molecular flexibility index (Phi) is 6.11. The lowest BCUT2D eigenvalue weighted by Gasteiger charge is -2.25. The Morgan fingerprint density at radius 1 is 1.09 bits per heavy atom. The Hall–Kier alpha value is -2.51. The maximum atomic E-state index is 12.9. The molecule has 2 aliphatic heterocycles. The summed E-state index contributed by atoms with van der Waals surface area (Å²) >= 11 is 1.56. The molecule has 0 saturated carbocycles. The molecule has 2 aromatic heterocycles. The van der Waals surface area contributed by atoms with Gasteiger partial charge in [-0.15, -0.1) is 11.3 Å². The van der Waals surface area contributed by atoms with E-state index in [0.717, 1.165) is 53.0 Å². The van der Waals surface area contributed by atoms with Gasteiger partial charge < -0.3 is 10.6 Å². The first kappa shape index (κ1) is 21.3. The van der Waals surface area contributed by atoms with Crippen molar-refractivity contribution in [2.24, 2.45) is 0 Å². The van der Waals surface area contributed by atoms with Gasteiger partial charge in [-0.05, 0) is 62.6 Å². The highest BCUT2D eigenvalue weighted by molar-refractivity contribution is 7.89. The van der Waals surface area contributed by atoms with E-state index in [1.807, 2.05) is 6.07 Å². The predicted molar refractivity (Wildman–Crippen MR) is 128 cm³/mol. The van der Waals surface area contributed by atoms with E-state index in [2.05, 4.69) is 32.4 Å². The zero-order valence-corrected chi connectivity index (χ0v) is 19.3. The van der Waals surface area contributed by atoms with Gasteiger partial charge in [-0.2, -0.15) is 4.31 Å². The second-order valence-corrected chi connectivity index (χ2v) is 11.1. The molecule has 4 heterocycles. The summed E-state index contributed by atoms with van der Waals surface area (Å²) in [6.45, 7) is 2.23. The van der Waals surface area contributed by atoms with Crippen molar-refractivity contribution in [3.05, 3.63) is 41.5 Å². The SMILES string of the molecule is O=S(=O)(c1ccc(Nc2ncnc3cc(C#C[C@@H]4CCCN4)sc23)cc1)N1CCCCC1. The maximum absolute atomic E-state index is 12.9. The summed E-state index contributed by atoms with van der Waals surface area (Å²) in [7, 11) is -3.43. The number of hydrogen-bond donors (Lipinski definition) is 2. The van der Waals surface area contributed by atoms with Gasteiger partial charge in [0.1, 0.15) is 6.33 Å². The standard InChI is InChI=1S/C23H25N5O2S2/c29-32(30,28-13-2-1-3-14-28)20-10-7-18(8-11-20)27-23-22-21(25-16-26-23)15-19(31-22)9-6-17-5-4-12-24-17/h7-8,10-11,15-17,24H,1-5,12-14H2,(H,25,26,27)/t17-/m0/s1. The van der Waals surface area contributed by atoms with E-state index in [-0.39, 0.29) is 6.04 Å². The van der Waals surface area contributed by atoms with Crippen LogP contribution in [0.5, 0.6) is 0 Å². The summed E-state index contributed by atoms with van der Waals surface area (Å²) in [5.41, 5.74) is 1.62. The van der Waals surface area contributed by atoms with E-state index in [9.17, 15) is 8.42 Å². The molecule has 166 valence electrons. The monoisotopic (exact) mass is 467 g/mol. The van der Waals surface area contributed by atoms with Crippen LogP contribution < -0.4 is 10.6 Å². The molecule has 1 atom stereocenters. The molecule has 7 nitrogen and oxygen atoms in total. The quantitative estimate of drug-likeness (QED) is 0.569. The number of benzene rings is 1. The predicted octanol–water partition coefficient (Wildman–Crippen LogP) is 3.71. The van der Waals surface area contributed by atoms with Gasteiger partial charge in [0.05, 0.1) is 26.0 Å². The van der Waals surface area contributed by atoms with Crippen molar-refractivity contribution in [1.82, 2.24) is 19.6 Å². The second-order valence-electron chi connectivity index (χ2n) is 8.08. The number of thiophene rings is 1. The van der Waals surface area contributed by atoms with Crippen LogP contribution in [0.1, 0.15) is 37.0 Å². The largest absolute Gasteiger partial charge is 0.339 e. The molecule has 0 aliphatic carbocycles. The van der Waals surface area contributed by atoms with Crippen molar-refractivity contribution in [3.8, 4) is 11.8 Å². The molecule has 9 heteroatoms. The minimum atomic E-state index is -3.43. The zero-order valence-electron chi connectivity index (χ0n) is 17.7. The van der Waals surface area contributed by atoms with E-state index >= 15 is 0 Å². The first-order chi connectivity index (χ1) is 15.6. The first-order valence-electron chi connectivity index (χ1n) is 11.0. The highest BCUT2D eigenvalue weighted by Crippen LogP contribution is 2.31. The number of piperidine rings is 1. The van der Waals surface area contributed by atoms with Gasteiger partial charge in [0.2, 0.25) is 10.0 Å². The minimum absolute atomic E-state index is 0.267. The lowest BCUT2D eigenvalue weighted by Crippen LogP contribution is -2.35. The third-order valence-corrected chi connectivity index (χ3v) is 8.77. The van der Waals surface area contributed by atoms with E-state index in [1.54, 1.807) is 39.9 Å². The number of nitrogens with one attached hydrogen (secondary N) is 2. The molecule has 0 radical (unpaired) electrons. The molecule has 2 N–H and O–H groups in total. The third-order valence-electron chi connectivity index (χ3n) is 5.81. The Labute approximate surface area is 192 Å². The van der Waals surface area contributed by atoms with E-state index < -0.39 is 10.0 Å². The number of fused-ring (bicyclic) bond motifs is 1. The summed E-state index contributed by atoms with van der Waals surface area (Å²) < 4.78 is 28.2. The summed E-state index contributed by atoms with van der Waals surface area (Å²) in [6.07, 6.45) is 6.73. The van der Waals surface area contributed by atoms with Crippen LogP contribution >= 0.6 is 11.3 Å². The number of rotatable bonds is 4. The molecule has 0 unspecified atom stereocenters. The van der Waals surface area contributed by atoms with Crippen molar-refractivity contribution in [2.75, 3.05) is 25.0 Å². The molecule has 2 saturated heterocycles. The van der Waals surface area contributed by atoms with Crippen LogP contribution in [0.4, 0.5) is 11.5 Å². The summed E-state index contributed by atoms with van der Waals surface area (Å²) in [5, 5.41) is 6.69. The van der Waals surface area contributed by atoms with Gasteiger partial charge in [0, 0.05) is 18.8 Å². The average molecular weight is 468 g/mol. The molecule has 2 aliphatic rings. The maximum Gasteiger partial charge on any atom is 0.243 e. The molecule has 0 spiro atoms. The highest BCUT2D eigenvalue weighted by atomic mass is 32.2. The van der Waals surface area contributed by atoms with E-state index in [1.165, 1.54) is 12.7 Å². The molecule has 1 aromatic carbocycles. The number of nitrogens with zero attached hydrogens (tertiary/aromatic N) is 3. The van der Waals surface area contributed by atoms with Crippen LogP contribution in [0.3, 0.4) is 0 Å². The fourth-order valence-corrected chi connectivity index (χ4v) is 6.51. The average Bonchev–Trinajstić information content (AvgIpc) is 3.49. The number of hydrogen-bond acceptors (Lipinski definition) is 7. The smallest absolute Gasteiger partial charge is 0.243 e. The molecule has 0 amide bonds. The Balaban J connectivity index is 1.35. The van der Waals surface area contributed by atoms with Gasteiger partial charge in [0.15, 0.2) is 5.82 Å². The van der Waals surface area contributed by atoms with Crippen LogP contribution in [-0.4, -0.2) is 48.4 Å².